The van der Waals surface area contributed by atoms with Crippen molar-refractivity contribution in [1.82, 2.24) is 15.3 Å². The first-order chi connectivity index (χ1) is 13.1. The Morgan fingerprint density at radius 2 is 1.78 bits per heavy atom. The zero-order valence-electron chi connectivity index (χ0n) is 15.1. The molecule has 7 heteroatoms. The SMILES string of the molecule is CCNC(=O)c1cnc(Nc2ccc(F)cn2)cc1Nc1ccccc1C. The van der Waals surface area contributed by atoms with Crippen molar-refractivity contribution in [2.24, 2.45) is 0 Å². The second-order valence-electron chi connectivity index (χ2n) is 5.90. The monoisotopic (exact) mass is 365 g/mol. The first kappa shape index (κ1) is 18.3. The van der Waals surface area contributed by atoms with Gasteiger partial charge < -0.3 is 16.0 Å². The van der Waals surface area contributed by atoms with Gasteiger partial charge in [-0.2, -0.15) is 0 Å². The number of hydrogen-bond donors (Lipinski definition) is 3. The van der Waals surface area contributed by atoms with E-state index in [1.165, 1.54) is 18.3 Å². The molecule has 0 bridgehead atoms. The van der Waals surface area contributed by atoms with E-state index in [9.17, 15) is 9.18 Å². The summed E-state index contributed by atoms with van der Waals surface area (Å²) in [5.74, 6) is 0.310. The summed E-state index contributed by atoms with van der Waals surface area (Å²) in [4.78, 5) is 20.6. The van der Waals surface area contributed by atoms with Crippen molar-refractivity contribution in [2.45, 2.75) is 13.8 Å². The first-order valence-corrected chi connectivity index (χ1v) is 8.56. The number of aryl methyl sites for hydroxylation is 1. The molecule has 3 aromatic rings. The van der Waals surface area contributed by atoms with Crippen molar-refractivity contribution in [3.8, 4) is 0 Å². The summed E-state index contributed by atoms with van der Waals surface area (Å²) in [7, 11) is 0. The number of aromatic nitrogens is 2. The van der Waals surface area contributed by atoms with Gasteiger partial charge in [-0.25, -0.2) is 14.4 Å². The van der Waals surface area contributed by atoms with Gasteiger partial charge in [-0.3, -0.25) is 4.79 Å². The predicted octanol–water partition coefficient (Wildman–Crippen LogP) is 4.16. The smallest absolute Gasteiger partial charge is 0.254 e. The van der Waals surface area contributed by atoms with Gasteiger partial charge in [0, 0.05) is 24.5 Å². The minimum atomic E-state index is -0.415. The van der Waals surface area contributed by atoms with Crippen molar-refractivity contribution < 1.29 is 9.18 Å². The average molecular weight is 365 g/mol. The van der Waals surface area contributed by atoms with Gasteiger partial charge in [0.1, 0.15) is 17.5 Å². The highest BCUT2D eigenvalue weighted by Gasteiger charge is 2.14. The van der Waals surface area contributed by atoms with E-state index in [2.05, 4.69) is 25.9 Å². The molecule has 2 aromatic heterocycles. The lowest BCUT2D eigenvalue weighted by molar-refractivity contribution is 0.0956. The number of nitrogens with one attached hydrogen (secondary N) is 3. The summed E-state index contributed by atoms with van der Waals surface area (Å²) < 4.78 is 13.0. The van der Waals surface area contributed by atoms with Crippen molar-refractivity contribution in [1.29, 1.82) is 0 Å². The maximum Gasteiger partial charge on any atom is 0.254 e. The minimum Gasteiger partial charge on any atom is -0.355 e. The predicted molar refractivity (Wildman–Crippen MR) is 104 cm³/mol. The fraction of sp³-hybridized carbons (Fsp3) is 0.150. The number of nitrogens with zero attached hydrogens (tertiary/aromatic N) is 2. The average Bonchev–Trinajstić information content (AvgIpc) is 2.66. The van der Waals surface area contributed by atoms with Gasteiger partial charge in [0.05, 0.1) is 17.4 Å². The molecular weight excluding hydrogens is 345 g/mol. The number of rotatable bonds is 6. The van der Waals surface area contributed by atoms with Gasteiger partial charge in [0.25, 0.3) is 5.91 Å². The largest absolute Gasteiger partial charge is 0.355 e. The van der Waals surface area contributed by atoms with Crippen LogP contribution in [-0.2, 0) is 0 Å². The summed E-state index contributed by atoms with van der Waals surface area (Å²) in [5.41, 5.74) is 2.97. The zero-order chi connectivity index (χ0) is 19.2. The highest BCUT2D eigenvalue weighted by atomic mass is 19.1. The third kappa shape index (κ3) is 4.58. The Labute approximate surface area is 156 Å². The number of para-hydroxylation sites is 1. The van der Waals surface area contributed by atoms with E-state index in [4.69, 9.17) is 0 Å². The van der Waals surface area contributed by atoms with Crippen LogP contribution in [0.15, 0.2) is 54.9 Å². The lowest BCUT2D eigenvalue weighted by Gasteiger charge is -2.15. The van der Waals surface area contributed by atoms with E-state index in [-0.39, 0.29) is 5.91 Å². The van der Waals surface area contributed by atoms with E-state index in [0.717, 1.165) is 17.4 Å². The molecule has 138 valence electrons. The molecule has 3 N–H and O–H groups in total. The van der Waals surface area contributed by atoms with Gasteiger partial charge in [0.2, 0.25) is 0 Å². The molecule has 3 rings (SSSR count). The van der Waals surface area contributed by atoms with Crippen LogP contribution >= 0.6 is 0 Å². The van der Waals surface area contributed by atoms with E-state index in [1.807, 2.05) is 38.1 Å². The fourth-order valence-electron chi connectivity index (χ4n) is 2.50. The Morgan fingerprint density at radius 3 is 2.48 bits per heavy atom. The molecule has 0 aliphatic carbocycles. The molecule has 1 aromatic carbocycles. The van der Waals surface area contributed by atoms with Gasteiger partial charge in [-0.05, 0) is 37.6 Å². The topological polar surface area (TPSA) is 78.9 Å². The van der Waals surface area contributed by atoms with E-state index in [1.54, 1.807) is 6.07 Å². The van der Waals surface area contributed by atoms with Gasteiger partial charge in [-0.15, -0.1) is 0 Å². The molecule has 0 aliphatic rings. The molecule has 0 spiro atoms. The molecule has 27 heavy (non-hydrogen) atoms. The number of carbonyl (C=O) groups excluding carboxylic acids is 1. The third-order valence-electron chi connectivity index (χ3n) is 3.88. The lowest BCUT2D eigenvalue weighted by atomic mass is 10.1. The summed E-state index contributed by atoms with van der Waals surface area (Å²) in [5, 5.41) is 9.09. The van der Waals surface area contributed by atoms with Gasteiger partial charge >= 0.3 is 0 Å². The van der Waals surface area contributed by atoms with Crippen LogP contribution in [0.4, 0.5) is 27.4 Å². The van der Waals surface area contributed by atoms with Crippen LogP contribution in [0.5, 0.6) is 0 Å². The summed E-state index contributed by atoms with van der Waals surface area (Å²) >= 11 is 0. The quantitative estimate of drug-likeness (QED) is 0.611. The van der Waals surface area contributed by atoms with Crippen LogP contribution in [0, 0.1) is 12.7 Å². The molecule has 6 nitrogen and oxygen atoms in total. The molecule has 0 saturated carbocycles. The van der Waals surface area contributed by atoms with Crippen LogP contribution in [-0.4, -0.2) is 22.4 Å². The van der Waals surface area contributed by atoms with Crippen LogP contribution in [0.2, 0.25) is 0 Å². The molecule has 0 radical (unpaired) electrons. The van der Waals surface area contributed by atoms with Gasteiger partial charge in [-0.1, -0.05) is 18.2 Å². The molecule has 2 heterocycles. The Hall–Kier alpha value is -3.48. The summed E-state index contributed by atoms with van der Waals surface area (Å²) in [6, 6.07) is 12.3. The Kier molecular flexibility index (Phi) is 5.61. The number of pyridine rings is 2. The molecule has 0 saturated heterocycles. The van der Waals surface area contributed by atoms with Crippen LogP contribution in [0.1, 0.15) is 22.8 Å². The van der Waals surface area contributed by atoms with Crippen molar-refractivity contribution in [2.75, 3.05) is 17.2 Å². The van der Waals surface area contributed by atoms with E-state index in [0.29, 0.717) is 29.4 Å². The number of anilines is 4. The Morgan fingerprint density at radius 1 is 1.00 bits per heavy atom. The number of carbonyl (C=O) groups is 1. The first-order valence-electron chi connectivity index (χ1n) is 8.56. The summed E-state index contributed by atoms with van der Waals surface area (Å²) in [6.45, 7) is 4.36. The van der Waals surface area contributed by atoms with Crippen molar-refractivity contribution >= 4 is 28.9 Å². The van der Waals surface area contributed by atoms with Gasteiger partial charge in [0.15, 0.2) is 0 Å². The van der Waals surface area contributed by atoms with Crippen LogP contribution in [0.25, 0.3) is 0 Å². The Bertz CT molecular complexity index is 943. The summed E-state index contributed by atoms with van der Waals surface area (Å²) in [6.07, 6.45) is 2.62. The highest BCUT2D eigenvalue weighted by molar-refractivity contribution is 6.00. The molecule has 0 atom stereocenters. The van der Waals surface area contributed by atoms with Crippen LogP contribution in [0.3, 0.4) is 0 Å². The van der Waals surface area contributed by atoms with E-state index >= 15 is 0 Å². The lowest BCUT2D eigenvalue weighted by Crippen LogP contribution is -2.24. The maximum absolute atomic E-state index is 13.0. The molecule has 0 unspecified atom stereocenters. The third-order valence-corrected chi connectivity index (χ3v) is 3.88. The van der Waals surface area contributed by atoms with Crippen LogP contribution < -0.4 is 16.0 Å². The second kappa shape index (κ2) is 8.27. The van der Waals surface area contributed by atoms with Crippen molar-refractivity contribution in [3.05, 3.63) is 71.8 Å². The number of benzene rings is 1. The molecule has 0 fully saturated rings. The number of amides is 1. The molecule has 0 aliphatic heterocycles. The number of halogens is 1. The van der Waals surface area contributed by atoms with E-state index < -0.39 is 5.82 Å². The minimum absolute atomic E-state index is 0.215. The standard InChI is InChI=1S/C20H20FN5O/c1-3-22-20(27)15-12-24-19(26-18-9-8-14(21)11-23-18)10-17(15)25-16-7-5-4-6-13(16)2/h4-12H,3H2,1-2H3,(H,22,27)(H2,23,24,25,26). The second-order valence-corrected chi connectivity index (χ2v) is 5.90. The molecule has 1 amide bonds. The molecular formula is C20H20FN5O. The maximum atomic E-state index is 13.0. The fourth-order valence-corrected chi connectivity index (χ4v) is 2.50. The zero-order valence-corrected chi connectivity index (χ0v) is 15.1. The van der Waals surface area contributed by atoms with Crippen molar-refractivity contribution in [3.63, 3.8) is 0 Å². The Balaban J connectivity index is 1.94. The number of hydrogen-bond acceptors (Lipinski definition) is 5. The normalized spacial score (nSPS) is 10.3. The highest BCUT2D eigenvalue weighted by Crippen LogP contribution is 2.26.